The normalized spacial score (nSPS) is 15.4. The Kier molecular flexibility index (Phi) is 7.00. The molecule has 0 radical (unpaired) electrons. The zero-order chi connectivity index (χ0) is 20.9. The average Bonchev–Trinajstić information content (AvgIpc) is 2.71. The molecule has 1 aromatic heterocycles. The van der Waals surface area contributed by atoms with E-state index in [-0.39, 0.29) is 16.8 Å². The van der Waals surface area contributed by atoms with E-state index in [0.29, 0.717) is 38.3 Å². The van der Waals surface area contributed by atoms with Crippen molar-refractivity contribution < 1.29 is 18.0 Å². The average molecular weight is 426 g/mol. The predicted molar refractivity (Wildman–Crippen MR) is 107 cm³/mol. The molecule has 4 nitrogen and oxygen atoms in total. The summed E-state index contributed by atoms with van der Waals surface area (Å²) in [5.41, 5.74) is 0.381. The van der Waals surface area contributed by atoms with Crippen LogP contribution >= 0.6 is 11.6 Å². The molecule has 1 aromatic carbocycles. The Morgan fingerprint density at radius 3 is 2.52 bits per heavy atom. The Balaban J connectivity index is 1.44. The minimum atomic E-state index is -4.47. The monoisotopic (exact) mass is 425 g/mol. The molecular formula is C21H23ClF3N3O. The van der Waals surface area contributed by atoms with Crippen LogP contribution in [0.5, 0.6) is 0 Å². The van der Waals surface area contributed by atoms with Gasteiger partial charge >= 0.3 is 6.18 Å². The topological polar surface area (TPSA) is 45.2 Å². The number of benzene rings is 1. The maximum absolute atomic E-state index is 12.7. The number of pyridine rings is 1. The first-order valence-electron chi connectivity index (χ1n) is 9.64. The maximum atomic E-state index is 12.7. The molecule has 3 rings (SSSR count). The lowest BCUT2D eigenvalue weighted by atomic mass is 9.95. The molecule has 8 heteroatoms. The van der Waals surface area contributed by atoms with Crippen LogP contribution in [0.4, 0.5) is 19.0 Å². The van der Waals surface area contributed by atoms with Gasteiger partial charge in [0.1, 0.15) is 5.82 Å². The van der Waals surface area contributed by atoms with Crippen LogP contribution in [0.2, 0.25) is 5.02 Å². The van der Waals surface area contributed by atoms with Crippen LogP contribution in [-0.4, -0.2) is 30.5 Å². The van der Waals surface area contributed by atoms with Gasteiger partial charge < -0.3 is 10.2 Å². The first-order chi connectivity index (χ1) is 13.8. The number of hydrogen-bond acceptors (Lipinski definition) is 3. The molecule has 0 spiro atoms. The van der Waals surface area contributed by atoms with E-state index < -0.39 is 11.7 Å². The number of aromatic nitrogens is 1. The molecule has 0 saturated carbocycles. The van der Waals surface area contributed by atoms with Gasteiger partial charge in [0, 0.05) is 31.7 Å². The molecule has 2 heterocycles. The minimum absolute atomic E-state index is 0.0244. The summed E-state index contributed by atoms with van der Waals surface area (Å²) in [5, 5.41) is 2.96. The molecule has 0 bridgehead atoms. The molecule has 29 heavy (non-hydrogen) atoms. The van der Waals surface area contributed by atoms with Gasteiger partial charge in [-0.15, -0.1) is 0 Å². The maximum Gasteiger partial charge on any atom is 0.417 e. The molecule has 0 unspecified atom stereocenters. The van der Waals surface area contributed by atoms with Crippen molar-refractivity contribution in [2.45, 2.75) is 31.9 Å². The fourth-order valence-corrected chi connectivity index (χ4v) is 3.75. The SMILES string of the molecule is O=C(NCCCc1ccccc1)C1CCN(c2ncc(C(F)(F)F)cc2Cl)CC1. The zero-order valence-electron chi connectivity index (χ0n) is 15.9. The summed E-state index contributed by atoms with van der Waals surface area (Å²) in [4.78, 5) is 18.1. The van der Waals surface area contributed by atoms with Crippen molar-refractivity contribution in [3.63, 3.8) is 0 Å². The van der Waals surface area contributed by atoms with Crippen LogP contribution in [0.1, 0.15) is 30.4 Å². The summed E-state index contributed by atoms with van der Waals surface area (Å²) in [6, 6.07) is 11.0. The third-order valence-corrected chi connectivity index (χ3v) is 5.38. The smallest absolute Gasteiger partial charge is 0.356 e. The van der Waals surface area contributed by atoms with E-state index in [2.05, 4.69) is 22.4 Å². The fraction of sp³-hybridized carbons (Fsp3) is 0.429. The van der Waals surface area contributed by atoms with E-state index in [9.17, 15) is 18.0 Å². The molecule has 0 aliphatic carbocycles. The highest BCUT2D eigenvalue weighted by atomic mass is 35.5. The van der Waals surface area contributed by atoms with Gasteiger partial charge in [0.05, 0.1) is 10.6 Å². The van der Waals surface area contributed by atoms with E-state index in [4.69, 9.17) is 11.6 Å². The van der Waals surface area contributed by atoms with Crippen molar-refractivity contribution >= 4 is 23.3 Å². The van der Waals surface area contributed by atoms with Crippen molar-refractivity contribution in [1.29, 1.82) is 0 Å². The third-order valence-electron chi connectivity index (χ3n) is 5.10. The number of aryl methyl sites for hydroxylation is 1. The first-order valence-corrected chi connectivity index (χ1v) is 10.0. The molecular weight excluding hydrogens is 403 g/mol. The molecule has 2 aromatic rings. The molecule has 156 valence electrons. The Labute approximate surface area is 173 Å². The number of hydrogen-bond donors (Lipinski definition) is 1. The van der Waals surface area contributed by atoms with Gasteiger partial charge in [-0.25, -0.2) is 4.98 Å². The van der Waals surface area contributed by atoms with E-state index in [1.54, 1.807) is 0 Å². The molecule has 1 amide bonds. The van der Waals surface area contributed by atoms with Gasteiger partial charge in [-0.05, 0) is 37.3 Å². The molecule has 1 N–H and O–H groups in total. The third kappa shape index (κ3) is 5.85. The lowest BCUT2D eigenvalue weighted by molar-refractivity contribution is -0.137. The molecule has 1 saturated heterocycles. The van der Waals surface area contributed by atoms with Gasteiger partial charge in [0.25, 0.3) is 0 Å². The first kappa shape index (κ1) is 21.4. The van der Waals surface area contributed by atoms with E-state index >= 15 is 0 Å². The molecule has 0 atom stereocenters. The fourth-order valence-electron chi connectivity index (χ4n) is 3.47. The van der Waals surface area contributed by atoms with E-state index in [1.807, 2.05) is 23.1 Å². The number of nitrogens with zero attached hydrogens (tertiary/aromatic N) is 2. The van der Waals surface area contributed by atoms with E-state index in [0.717, 1.165) is 25.1 Å². The van der Waals surface area contributed by atoms with Gasteiger partial charge in [-0.2, -0.15) is 13.2 Å². The van der Waals surface area contributed by atoms with E-state index in [1.165, 1.54) is 5.56 Å². The Hall–Kier alpha value is -2.28. The van der Waals surface area contributed by atoms with Crippen LogP contribution in [-0.2, 0) is 17.4 Å². The lowest BCUT2D eigenvalue weighted by Crippen LogP contribution is -2.41. The largest absolute Gasteiger partial charge is 0.417 e. The molecule has 1 fully saturated rings. The highest BCUT2D eigenvalue weighted by molar-refractivity contribution is 6.33. The minimum Gasteiger partial charge on any atom is -0.356 e. The standard InChI is InChI=1S/C21H23ClF3N3O/c22-18-13-17(21(23,24)25)14-27-19(18)28-11-8-16(9-12-28)20(29)26-10-4-7-15-5-2-1-3-6-15/h1-3,5-6,13-14,16H,4,7-12H2,(H,26,29). The van der Waals surface area contributed by atoms with Crippen molar-refractivity contribution in [3.05, 3.63) is 58.7 Å². The van der Waals surface area contributed by atoms with Gasteiger partial charge in [-0.1, -0.05) is 41.9 Å². The number of alkyl halides is 3. The lowest BCUT2D eigenvalue weighted by Gasteiger charge is -2.32. The number of amides is 1. The van der Waals surface area contributed by atoms with Crippen LogP contribution in [0, 0.1) is 5.92 Å². The quantitative estimate of drug-likeness (QED) is 0.681. The van der Waals surface area contributed by atoms with Crippen molar-refractivity contribution in [3.8, 4) is 0 Å². The highest BCUT2D eigenvalue weighted by Gasteiger charge is 2.33. The Morgan fingerprint density at radius 1 is 1.21 bits per heavy atom. The number of nitrogens with one attached hydrogen (secondary N) is 1. The number of piperidine rings is 1. The van der Waals surface area contributed by atoms with Gasteiger partial charge in [0.2, 0.25) is 5.91 Å². The summed E-state index contributed by atoms with van der Waals surface area (Å²) in [7, 11) is 0. The van der Waals surface area contributed by atoms with Crippen LogP contribution in [0.15, 0.2) is 42.6 Å². The van der Waals surface area contributed by atoms with Crippen molar-refractivity contribution in [1.82, 2.24) is 10.3 Å². The number of carbonyl (C=O) groups excluding carboxylic acids is 1. The summed E-state index contributed by atoms with van der Waals surface area (Å²) in [6.07, 6.45) is -0.655. The summed E-state index contributed by atoms with van der Waals surface area (Å²) < 4.78 is 38.2. The highest BCUT2D eigenvalue weighted by Crippen LogP contribution is 2.34. The summed E-state index contributed by atoms with van der Waals surface area (Å²) in [5.74, 6) is 0.266. The predicted octanol–water partition coefficient (Wildman–Crippen LogP) is 4.72. The van der Waals surface area contributed by atoms with Crippen LogP contribution < -0.4 is 10.2 Å². The second-order valence-corrected chi connectivity index (χ2v) is 7.58. The Bertz CT molecular complexity index is 822. The van der Waals surface area contributed by atoms with Crippen molar-refractivity contribution in [2.75, 3.05) is 24.5 Å². The second kappa shape index (κ2) is 9.48. The molecule has 1 aliphatic heterocycles. The number of carbonyl (C=O) groups is 1. The second-order valence-electron chi connectivity index (χ2n) is 7.17. The number of rotatable bonds is 6. The summed E-state index contributed by atoms with van der Waals surface area (Å²) >= 11 is 6.02. The van der Waals surface area contributed by atoms with Crippen LogP contribution in [0.25, 0.3) is 0 Å². The van der Waals surface area contributed by atoms with Crippen molar-refractivity contribution in [2.24, 2.45) is 5.92 Å². The zero-order valence-corrected chi connectivity index (χ0v) is 16.6. The molecule has 1 aliphatic rings. The summed E-state index contributed by atoms with van der Waals surface area (Å²) in [6.45, 7) is 1.68. The van der Waals surface area contributed by atoms with Gasteiger partial charge in [-0.3, -0.25) is 4.79 Å². The number of halogens is 4. The van der Waals surface area contributed by atoms with Gasteiger partial charge in [0.15, 0.2) is 0 Å². The van der Waals surface area contributed by atoms with Crippen LogP contribution in [0.3, 0.4) is 0 Å². The number of anilines is 1. The Morgan fingerprint density at radius 2 is 1.90 bits per heavy atom.